The van der Waals surface area contributed by atoms with Crippen molar-refractivity contribution in [3.8, 4) is 33.8 Å². The second-order valence-electron chi connectivity index (χ2n) is 7.61. The largest absolute Gasteiger partial charge is 0.496 e. The fraction of sp³-hybridized carbons (Fsp3) is 0.111. The van der Waals surface area contributed by atoms with Crippen molar-refractivity contribution < 1.29 is 9.47 Å². The fourth-order valence-electron chi connectivity index (χ4n) is 5.51. The van der Waals surface area contributed by atoms with Gasteiger partial charge in [0.25, 0.3) is 0 Å². The SMILES string of the molecule is COc1cccc2c1-c1ccccc1C21c2ccccc2-c2c(OC)cccc21. The molecule has 0 N–H and O–H groups in total. The van der Waals surface area contributed by atoms with Gasteiger partial charge in [-0.2, -0.15) is 0 Å². The molecule has 4 aromatic rings. The second-order valence-corrected chi connectivity index (χ2v) is 7.61. The van der Waals surface area contributed by atoms with Gasteiger partial charge in [-0.05, 0) is 45.5 Å². The molecule has 0 saturated heterocycles. The molecule has 6 rings (SSSR count). The van der Waals surface area contributed by atoms with Gasteiger partial charge in [0.15, 0.2) is 0 Å². The van der Waals surface area contributed by atoms with Crippen LogP contribution in [0.15, 0.2) is 84.9 Å². The third-order valence-electron chi connectivity index (χ3n) is 6.50. The van der Waals surface area contributed by atoms with Crippen molar-refractivity contribution in [2.24, 2.45) is 0 Å². The topological polar surface area (TPSA) is 18.5 Å². The van der Waals surface area contributed by atoms with Crippen molar-refractivity contribution in [1.29, 1.82) is 0 Å². The third kappa shape index (κ3) is 1.82. The van der Waals surface area contributed by atoms with E-state index < -0.39 is 0 Å². The lowest BCUT2D eigenvalue weighted by Gasteiger charge is -2.30. The summed E-state index contributed by atoms with van der Waals surface area (Å²) in [6, 6.07) is 30.3. The molecule has 2 nitrogen and oxygen atoms in total. The van der Waals surface area contributed by atoms with E-state index in [2.05, 4.69) is 84.9 Å². The van der Waals surface area contributed by atoms with Crippen LogP contribution in [0.1, 0.15) is 22.3 Å². The number of methoxy groups -OCH3 is 2. The number of fused-ring (bicyclic) bond motifs is 10. The molecule has 2 aliphatic carbocycles. The summed E-state index contributed by atoms with van der Waals surface area (Å²) in [4.78, 5) is 0. The van der Waals surface area contributed by atoms with Crippen molar-refractivity contribution in [2.45, 2.75) is 5.41 Å². The molecule has 0 radical (unpaired) electrons. The first kappa shape index (κ1) is 16.4. The van der Waals surface area contributed by atoms with E-state index in [9.17, 15) is 0 Å². The average Bonchev–Trinajstić information content (AvgIpc) is 3.26. The van der Waals surface area contributed by atoms with Crippen LogP contribution in [0.4, 0.5) is 0 Å². The normalized spacial score (nSPS) is 14.1. The van der Waals surface area contributed by atoms with E-state index in [1.54, 1.807) is 14.2 Å². The van der Waals surface area contributed by atoms with E-state index in [4.69, 9.17) is 9.47 Å². The Labute approximate surface area is 170 Å². The molecule has 2 aliphatic rings. The molecule has 2 heteroatoms. The molecule has 1 spiro atoms. The highest BCUT2D eigenvalue weighted by Gasteiger charge is 2.52. The van der Waals surface area contributed by atoms with Gasteiger partial charge in [-0.1, -0.05) is 72.8 Å². The van der Waals surface area contributed by atoms with Gasteiger partial charge in [0.2, 0.25) is 0 Å². The molecule has 0 atom stereocenters. The Balaban J connectivity index is 1.86. The van der Waals surface area contributed by atoms with Gasteiger partial charge in [-0.25, -0.2) is 0 Å². The molecule has 0 saturated carbocycles. The Morgan fingerprint density at radius 2 is 0.897 bits per heavy atom. The molecule has 4 aromatic carbocycles. The molecule has 29 heavy (non-hydrogen) atoms. The van der Waals surface area contributed by atoms with Gasteiger partial charge in [-0.3, -0.25) is 0 Å². The van der Waals surface area contributed by atoms with E-state index in [0.29, 0.717) is 0 Å². The van der Waals surface area contributed by atoms with Crippen molar-refractivity contribution in [3.63, 3.8) is 0 Å². The van der Waals surface area contributed by atoms with Crippen LogP contribution in [0.2, 0.25) is 0 Å². The molecule has 0 aromatic heterocycles. The maximum absolute atomic E-state index is 5.81. The average molecular weight is 376 g/mol. The Kier molecular flexibility index (Phi) is 3.25. The summed E-state index contributed by atoms with van der Waals surface area (Å²) in [5, 5.41) is 0. The van der Waals surface area contributed by atoms with Crippen LogP contribution in [0, 0.1) is 0 Å². The van der Waals surface area contributed by atoms with Gasteiger partial charge in [0, 0.05) is 11.1 Å². The molecular weight excluding hydrogens is 356 g/mol. The fourth-order valence-corrected chi connectivity index (χ4v) is 5.51. The van der Waals surface area contributed by atoms with Crippen molar-refractivity contribution >= 4 is 0 Å². The first-order valence-electron chi connectivity index (χ1n) is 9.87. The zero-order valence-electron chi connectivity index (χ0n) is 16.4. The summed E-state index contributed by atoms with van der Waals surface area (Å²) in [6.45, 7) is 0. The third-order valence-corrected chi connectivity index (χ3v) is 6.50. The van der Waals surface area contributed by atoms with E-state index in [1.807, 2.05) is 0 Å². The monoisotopic (exact) mass is 376 g/mol. The summed E-state index contributed by atoms with van der Waals surface area (Å²) in [5.74, 6) is 1.83. The van der Waals surface area contributed by atoms with Crippen LogP contribution in [-0.4, -0.2) is 14.2 Å². The summed E-state index contributed by atoms with van der Waals surface area (Å²) in [5.41, 5.74) is 9.66. The Morgan fingerprint density at radius 3 is 1.34 bits per heavy atom. The number of rotatable bonds is 2. The van der Waals surface area contributed by atoms with E-state index in [1.165, 1.54) is 44.5 Å². The number of hydrogen-bond acceptors (Lipinski definition) is 2. The van der Waals surface area contributed by atoms with Crippen LogP contribution in [0.25, 0.3) is 22.3 Å². The minimum atomic E-state index is -0.360. The Hall–Kier alpha value is -3.52. The molecule has 0 fully saturated rings. The maximum atomic E-state index is 5.81. The van der Waals surface area contributed by atoms with Crippen LogP contribution in [0.5, 0.6) is 11.5 Å². The van der Waals surface area contributed by atoms with Crippen LogP contribution < -0.4 is 9.47 Å². The lowest BCUT2D eigenvalue weighted by atomic mass is 9.70. The van der Waals surface area contributed by atoms with Crippen LogP contribution >= 0.6 is 0 Å². The maximum Gasteiger partial charge on any atom is 0.127 e. The van der Waals surface area contributed by atoms with Gasteiger partial charge >= 0.3 is 0 Å². The lowest BCUT2D eigenvalue weighted by Crippen LogP contribution is -2.25. The molecule has 0 unspecified atom stereocenters. The summed E-state index contributed by atoms with van der Waals surface area (Å²) < 4.78 is 11.6. The van der Waals surface area contributed by atoms with E-state index in [0.717, 1.165) is 11.5 Å². The Morgan fingerprint density at radius 1 is 0.483 bits per heavy atom. The summed E-state index contributed by atoms with van der Waals surface area (Å²) >= 11 is 0. The lowest BCUT2D eigenvalue weighted by molar-refractivity contribution is 0.415. The van der Waals surface area contributed by atoms with Crippen molar-refractivity contribution in [1.82, 2.24) is 0 Å². The number of hydrogen-bond donors (Lipinski definition) is 0. The molecular formula is C27H20O2. The van der Waals surface area contributed by atoms with Crippen molar-refractivity contribution in [2.75, 3.05) is 14.2 Å². The summed E-state index contributed by atoms with van der Waals surface area (Å²) in [6.07, 6.45) is 0. The zero-order valence-corrected chi connectivity index (χ0v) is 16.4. The molecule has 0 bridgehead atoms. The van der Waals surface area contributed by atoms with Gasteiger partial charge < -0.3 is 9.47 Å². The Bertz CT molecular complexity index is 1180. The molecule has 0 amide bonds. The van der Waals surface area contributed by atoms with E-state index in [-0.39, 0.29) is 5.41 Å². The molecule has 0 heterocycles. The number of benzene rings is 4. The van der Waals surface area contributed by atoms with Gasteiger partial charge in [-0.15, -0.1) is 0 Å². The predicted molar refractivity (Wildman–Crippen MR) is 116 cm³/mol. The zero-order chi connectivity index (χ0) is 19.6. The predicted octanol–water partition coefficient (Wildman–Crippen LogP) is 6.05. The van der Waals surface area contributed by atoms with Crippen LogP contribution in [0.3, 0.4) is 0 Å². The van der Waals surface area contributed by atoms with Gasteiger partial charge in [0.1, 0.15) is 11.5 Å². The number of ether oxygens (including phenoxy) is 2. The highest BCUT2D eigenvalue weighted by molar-refractivity contribution is 5.97. The molecule has 0 aliphatic heterocycles. The second kappa shape index (κ2) is 5.74. The smallest absolute Gasteiger partial charge is 0.127 e. The highest BCUT2D eigenvalue weighted by atomic mass is 16.5. The highest BCUT2D eigenvalue weighted by Crippen LogP contribution is 2.65. The van der Waals surface area contributed by atoms with Crippen LogP contribution in [-0.2, 0) is 5.41 Å². The minimum Gasteiger partial charge on any atom is -0.496 e. The minimum absolute atomic E-state index is 0.360. The quantitative estimate of drug-likeness (QED) is 0.366. The first-order valence-corrected chi connectivity index (χ1v) is 9.87. The van der Waals surface area contributed by atoms with Gasteiger partial charge in [0.05, 0.1) is 19.6 Å². The van der Waals surface area contributed by atoms with Crippen molar-refractivity contribution in [3.05, 3.63) is 107 Å². The summed E-state index contributed by atoms with van der Waals surface area (Å²) in [7, 11) is 3.51. The van der Waals surface area contributed by atoms with E-state index >= 15 is 0 Å². The molecule has 140 valence electrons. The standard InChI is InChI=1S/C27H20O2/c1-28-23-15-7-13-21-25(23)17-9-3-5-11-19(17)27(21)20-12-6-4-10-18(20)26-22(27)14-8-16-24(26)29-2/h3-16H,1-2H3. The first-order chi connectivity index (χ1) is 14.3.